The Balaban J connectivity index is 1.55. The van der Waals surface area contributed by atoms with Crippen molar-refractivity contribution >= 4 is 5.69 Å². The van der Waals surface area contributed by atoms with Crippen LogP contribution in [0.25, 0.3) is 0 Å². The lowest BCUT2D eigenvalue weighted by atomic mass is 10.1. The molecule has 0 spiro atoms. The zero-order valence-corrected chi connectivity index (χ0v) is 11.9. The van der Waals surface area contributed by atoms with Crippen LogP contribution in [-0.4, -0.2) is 12.6 Å². The van der Waals surface area contributed by atoms with E-state index in [2.05, 4.69) is 60.8 Å². The normalized spacial score (nSPS) is 14.4. The van der Waals surface area contributed by atoms with Crippen LogP contribution in [0, 0.1) is 0 Å². The zero-order valence-electron chi connectivity index (χ0n) is 11.9. The molecule has 104 valence electrons. The number of ether oxygens (including phenoxy) is 1. The van der Waals surface area contributed by atoms with Crippen LogP contribution >= 0.6 is 0 Å². The summed E-state index contributed by atoms with van der Waals surface area (Å²) in [5, 5.41) is 3.59. The van der Waals surface area contributed by atoms with Crippen molar-refractivity contribution in [3.05, 3.63) is 59.7 Å². The summed E-state index contributed by atoms with van der Waals surface area (Å²) in [5.41, 5.74) is 3.93. The van der Waals surface area contributed by atoms with E-state index >= 15 is 0 Å². The van der Waals surface area contributed by atoms with E-state index in [9.17, 15) is 0 Å². The second-order valence-electron chi connectivity index (χ2n) is 5.49. The van der Waals surface area contributed by atoms with Gasteiger partial charge in [0.25, 0.3) is 0 Å². The molecular weight excluding hydrogens is 246 g/mol. The predicted molar refractivity (Wildman–Crippen MR) is 83.5 cm³/mol. The fourth-order valence-electron chi connectivity index (χ4n) is 2.66. The van der Waals surface area contributed by atoms with Gasteiger partial charge in [0, 0.05) is 18.2 Å². The van der Waals surface area contributed by atoms with Crippen molar-refractivity contribution in [2.75, 3.05) is 11.9 Å². The number of hydrogen-bond donors (Lipinski definition) is 1. The SMILES string of the molecule is CC(CCc1ccccc1)Nc1ccc2c(c1)CCO2. The number of rotatable bonds is 5. The van der Waals surface area contributed by atoms with Crippen molar-refractivity contribution in [1.29, 1.82) is 0 Å². The van der Waals surface area contributed by atoms with E-state index in [1.54, 1.807) is 0 Å². The lowest BCUT2D eigenvalue weighted by Gasteiger charge is -2.16. The minimum Gasteiger partial charge on any atom is -0.493 e. The van der Waals surface area contributed by atoms with Gasteiger partial charge in [-0.1, -0.05) is 30.3 Å². The van der Waals surface area contributed by atoms with Crippen LogP contribution in [0.1, 0.15) is 24.5 Å². The number of anilines is 1. The number of benzene rings is 2. The number of nitrogens with one attached hydrogen (secondary N) is 1. The lowest BCUT2D eigenvalue weighted by molar-refractivity contribution is 0.357. The Kier molecular flexibility index (Phi) is 3.91. The van der Waals surface area contributed by atoms with Crippen LogP contribution in [0.2, 0.25) is 0 Å². The van der Waals surface area contributed by atoms with Crippen molar-refractivity contribution in [1.82, 2.24) is 0 Å². The molecular formula is C18H21NO. The molecule has 0 saturated heterocycles. The summed E-state index contributed by atoms with van der Waals surface area (Å²) in [6.07, 6.45) is 3.28. The minimum absolute atomic E-state index is 0.468. The molecule has 1 heterocycles. The molecule has 1 N–H and O–H groups in total. The molecule has 2 nitrogen and oxygen atoms in total. The molecule has 2 aromatic rings. The van der Waals surface area contributed by atoms with Crippen LogP contribution in [0.5, 0.6) is 5.75 Å². The van der Waals surface area contributed by atoms with E-state index < -0.39 is 0 Å². The van der Waals surface area contributed by atoms with Crippen molar-refractivity contribution in [3.8, 4) is 5.75 Å². The summed E-state index contributed by atoms with van der Waals surface area (Å²) in [6.45, 7) is 3.06. The first-order valence-electron chi connectivity index (χ1n) is 7.37. The molecule has 0 radical (unpaired) electrons. The monoisotopic (exact) mass is 267 g/mol. The highest BCUT2D eigenvalue weighted by molar-refractivity contribution is 5.52. The van der Waals surface area contributed by atoms with Gasteiger partial charge in [0.15, 0.2) is 0 Å². The summed E-state index contributed by atoms with van der Waals surface area (Å²) in [5.74, 6) is 1.05. The van der Waals surface area contributed by atoms with Crippen LogP contribution in [0.3, 0.4) is 0 Å². The van der Waals surface area contributed by atoms with Crippen molar-refractivity contribution < 1.29 is 4.74 Å². The average Bonchev–Trinajstić information content (AvgIpc) is 2.94. The maximum Gasteiger partial charge on any atom is 0.122 e. The van der Waals surface area contributed by atoms with E-state index in [1.807, 2.05) is 0 Å². The molecule has 0 saturated carbocycles. The van der Waals surface area contributed by atoms with Crippen LogP contribution < -0.4 is 10.1 Å². The number of hydrogen-bond acceptors (Lipinski definition) is 2. The quantitative estimate of drug-likeness (QED) is 0.882. The van der Waals surface area contributed by atoms with Gasteiger partial charge in [0.05, 0.1) is 6.61 Å². The Morgan fingerprint density at radius 2 is 2.00 bits per heavy atom. The van der Waals surface area contributed by atoms with Crippen molar-refractivity contribution in [3.63, 3.8) is 0 Å². The number of fused-ring (bicyclic) bond motifs is 1. The highest BCUT2D eigenvalue weighted by atomic mass is 16.5. The molecule has 0 aliphatic carbocycles. The van der Waals surface area contributed by atoms with E-state index in [-0.39, 0.29) is 0 Å². The first kappa shape index (κ1) is 13.0. The highest BCUT2D eigenvalue weighted by Crippen LogP contribution is 2.28. The van der Waals surface area contributed by atoms with Crippen molar-refractivity contribution in [2.45, 2.75) is 32.2 Å². The van der Waals surface area contributed by atoms with Crippen LogP contribution in [0.15, 0.2) is 48.5 Å². The van der Waals surface area contributed by atoms with Gasteiger partial charge in [-0.3, -0.25) is 0 Å². The summed E-state index contributed by atoms with van der Waals surface area (Å²) in [6, 6.07) is 17.5. The van der Waals surface area contributed by atoms with E-state index in [0.29, 0.717) is 6.04 Å². The van der Waals surface area contributed by atoms with Gasteiger partial charge in [-0.25, -0.2) is 0 Å². The second-order valence-corrected chi connectivity index (χ2v) is 5.49. The third-order valence-electron chi connectivity index (χ3n) is 3.81. The van der Waals surface area contributed by atoms with Crippen molar-refractivity contribution in [2.24, 2.45) is 0 Å². The van der Waals surface area contributed by atoms with Crippen LogP contribution in [-0.2, 0) is 12.8 Å². The third-order valence-corrected chi connectivity index (χ3v) is 3.81. The zero-order chi connectivity index (χ0) is 13.8. The van der Waals surface area contributed by atoms with Gasteiger partial charge in [-0.05, 0) is 49.1 Å². The highest BCUT2D eigenvalue weighted by Gasteiger charge is 2.12. The molecule has 20 heavy (non-hydrogen) atoms. The summed E-state index contributed by atoms with van der Waals surface area (Å²) in [4.78, 5) is 0. The molecule has 1 atom stereocenters. The molecule has 0 fully saturated rings. The van der Waals surface area contributed by atoms with E-state index in [1.165, 1.54) is 16.8 Å². The molecule has 1 aliphatic heterocycles. The van der Waals surface area contributed by atoms with Crippen LogP contribution in [0.4, 0.5) is 5.69 Å². The Morgan fingerprint density at radius 1 is 1.15 bits per heavy atom. The second kappa shape index (κ2) is 6.00. The molecule has 0 aromatic heterocycles. The molecule has 2 heteroatoms. The van der Waals surface area contributed by atoms with E-state index in [0.717, 1.165) is 31.6 Å². The lowest BCUT2D eigenvalue weighted by Crippen LogP contribution is -2.16. The first-order valence-corrected chi connectivity index (χ1v) is 7.37. The van der Waals surface area contributed by atoms with Gasteiger partial charge in [-0.15, -0.1) is 0 Å². The summed E-state index contributed by atoms with van der Waals surface area (Å²) < 4.78 is 5.54. The Hall–Kier alpha value is -1.96. The third kappa shape index (κ3) is 3.13. The largest absolute Gasteiger partial charge is 0.493 e. The fraction of sp³-hybridized carbons (Fsp3) is 0.333. The topological polar surface area (TPSA) is 21.3 Å². The van der Waals surface area contributed by atoms with Gasteiger partial charge in [0.1, 0.15) is 5.75 Å². The molecule has 3 rings (SSSR count). The van der Waals surface area contributed by atoms with Gasteiger partial charge in [0.2, 0.25) is 0 Å². The number of aryl methyl sites for hydroxylation is 1. The Bertz CT molecular complexity index is 565. The average molecular weight is 267 g/mol. The van der Waals surface area contributed by atoms with E-state index in [4.69, 9.17) is 4.74 Å². The fourth-order valence-corrected chi connectivity index (χ4v) is 2.66. The minimum atomic E-state index is 0.468. The predicted octanol–water partition coefficient (Wildman–Crippen LogP) is 4.05. The maximum absolute atomic E-state index is 5.54. The molecule has 0 bridgehead atoms. The van der Waals surface area contributed by atoms with Gasteiger partial charge >= 0.3 is 0 Å². The smallest absolute Gasteiger partial charge is 0.122 e. The summed E-state index contributed by atoms with van der Waals surface area (Å²) in [7, 11) is 0. The van der Waals surface area contributed by atoms with Gasteiger partial charge < -0.3 is 10.1 Å². The standard InChI is InChI=1S/C18H21NO/c1-14(7-8-15-5-3-2-4-6-15)19-17-9-10-18-16(13-17)11-12-20-18/h2-6,9-10,13-14,19H,7-8,11-12H2,1H3. The molecule has 1 unspecified atom stereocenters. The Morgan fingerprint density at radius 3 is 2.85 bits per heavy atom. The molecule has 2 aromatic carbocycles. The summed E-state index contributed by atoms with van der Waals surface area (Å²) >= 11 is 0. The van der Waals surface area contributed by atoms with Gasteiger partial charge in [-0.2, -0.15) is 0 Å². The first-order chi connectivity index (χ1) is 9.81. The Labute approximate surface area is 120 Å². The maximum atomic E-state index is 5.54. The molecule has 1 aliphatic rings. The molecule has 0 amide bonds.